The molecule has 0 bridgehead atoms. The molecule has 3 fully saturated rings. The van der Waals surface area contributed by atoms with Crippen LogP contribution in [0.15, 0.2) is 37.0 Å². The number of hydrogen-bond donors (Lipinski definition) is 0. The fourth-order valence-corrected chi connectivity index (χ4v) is 5.63. The molecule has 0 radical (unpaired) electrons. The molecule has 2 saturated carbocycles. The second kappa shape index (κ2) is 10.1. The Morgan fingerprint density at radius 1 is 1.21 bits per heavy atom. The smallest absolute Gasteiger partial charge is 0.225 e. The van der Waals surface area contributed by atoms with E-state index in [1.807, 2.05) is 29.2 Å². The number of rotatable bonds is 8. The maximum atomic E-state index is 12.9. The van der Waals surface area contributed by atoms with E-state index in [4.69, 9.17) is 14.7 Å². The zero-order chi connectivity index (χ0) is 26.2. The van der Waals surface area contributed by atoms with Crippen molar-refractivity contribution in [2.75, 3.05) is 38.3 Å². The van der Waals surface area contributed by atoms with Gasteiger partial charge in [0.15, 0.2) is 0 Å². The lowest BCUT2D eigenvalue weighted by atomic mass is 9.97. The number of methoxy groups -OCH3 is 1. The van der Waals surface area contributed by atoms with Crippen LogP contribution in [0.2, 0.25) is 0 Å². The standard InChI is InChI=1S/C30H32N6O2/c1-3-22-17-32-29-23(5-4-6-25(29)33-22)24-15-21(16-31)30(34-28(24)20-9-10-20)35-12-13-36(27(37)11-14-38-2)26(18-35)19-7-8-19/h3-6,15,17,19-20,26H,1,7-14,18H2,2H3. The monoisotopic (exact) mass is 508 g/mol. The van der Waals surface area contributed by atoms with Gasteiger partial charge in [0.2, 0.25) is 5.91 Å². The highest BCUT2D eigenvalue weighted by atomic mass is 16.5. The second-order valence-electron chi connectivity index (χ2n) is 10.5. The molecular weight excluding hydrogens is 476 g/mol. The van der Waals surface area contributed by atoms with Crippen molar-refractivity contribution in [1.82, 2.24) is 19.9 Å². The van der Waals surface area contributed by atoms with Gasteiger partial charge in [0.05, 0.1) is 53.3 Å². The number of pyridine rings is 1. The van der Waals surface area contributed by atoms with Crippen molar-refractivity contribution in [3.05, 3.63) is 54.0 Å². The first kappa shape index (κ1) is 24.5. The topological polar surface area (TPSA) is 95.2 Å². The summed E-state index contributed by atoms with van der Waals surface area (Å²) in [6.45, 7) is 6.26. The third-order valence-corrected chi connectivity index (χ3v) is 7.93. The molecule has 0 N–H and O–H groups in total. The maximum Gasteiger partial charge on any atom is 0.225 e. The molecule has 2 aromatic heterocycles. The van der Waals surface area contributed by atoms with Crippen molar-refractivity contribution in [3.8, 4) is 17.2 Å². The van der Waals surface area contributed by atoms with Crippen LogP contribution in [0.3, 0.4) is 0 Å². The predicted octanol–water partition coefficient (Wildman–Crippen LogP) is 4.55. The van der Waals surface area contributed by atoms with Crippen LogP contribution in [-0.2, 0) is 9.53 Å². The van der Waals surface area contributed by atoms with Gasteiger partial charge in [-0.05, 0) is 49.8 Å². The van der Waals surface area contributed by atoms with Gasteiger partial charge in [0.25, 0.3) is 0 Å². The number of ether oxygens (including phenoxy) is 1. The highest BCUT2D eigenvalue weighted by Gasteiger charge is 2.41. The summed E-state index contributed by atoms with van der Waals surface area (Å²) in [4.78, 5) is 31.7. The molecule has 194 valence electrons. The van der Waals surface area contributed by atoms with Gasteiger partial charge in [-0.2, -0.15) is 5.26 Å². The Labute approximate surface area is 223 Å². The highest BCUT2D eigenvalue weighted by Crippen LogP contribution is 2.46. The first-order valence-corrected chi connectivity index (χ1v) is 13.5. The van der Waals surface area contributed by atoms with Gasteiger partial charge in [-0.1, -0.05) is 18.7 Å². The van der Waals surface area contributed by atoms with Gasteiger partial charge in [0.1, 0.15) is 11.9 Å². The number of anilines is 1. The number of nitrogens with zero attached hydrogens (tertiary/aromatic N) is 6. The normalized spacial score (nSPS) is 19.4. The third kappa shape index (κ3) is 4.63. The molecular formula is C30H32N6O2. The molecule has 3 heterocycles. The van der Waals surface area contributed by atoms with Crippen LogP contribution >= 0.6 is 0 Å². The number of carbonyl (C=O) groups excluding carboxylic acids is 1. The van der Waals surface area contributed by atoms with Crippen LogP contribution < -0.4 is 4.90 Å². The molecule has 38 heavy (non-hydrogen) atoms. The molecule has 1 aromatic carbocycles. The summed E-state index contributed by atoms with van der Waals surface area (Å²) in [5.74, 6) is 1.80. The molecule has 0 spiro atoms. The van der Waals surface area contributed by atoms with Gasteiger partial charge >= 0.3 is 0 Å². The SMILES string of the molecule is C=Cc1cnc2c(-c3cc(C#N)c(N4CCN(C(=O)CCOC)C(C5CC5)C4)nc3C3CC3)cccc2n1. The number of aromatic nitrogens is 3. The van der Waals surface area contributed by atoms with E-state index in [0.29, 0.717) is 50.1 Å². The molecule has 1 amide bonds. The Balaban J connectivity index is 1.37. The molecule has 8 heteroatoms. The fourth-order valence-electron chi connectivity index (χ4n) is 5.63. The Kier molecular flexibility index (Phi) is 6.54. The lowest BCUT2D eigenvalue weighted by molar-refractivity contribution is -0.135. The number of carbonyl (C=O) groups is 1. The van der Waals surface area contributed by atoms with Crippen molar-refractivity contribution < 1.29 is 9.53 Å². The van der Waals surface area contributed by atoms with Crippen molar-refractivity contribution in [2.45, 2.75) is 44.1 Å². The number of amides is 1. The predicted molar refractivity (Wildman–Crippen MR) is 146 cm³/mol. The minimum atomic E-state index is 0.151. The lowest BCUT2D eigenvalue weighted by Gasteiger charge is -2.42. The third-order valence-electron chi connectivity index (χ3n) is 7.93. The van der Waals surface area contributed by atoms with E-state index in [2.05, 4.69) is 22.5 Å². The zero-order valence-electron chi connectivity index (χ0n) is 21.8. The first-order chi connectivity index (χ1) is 18.6. The van der Waals surface area contributed by atoms with Gasteiger partial charge in [-0.25, -0.2) is 9.97 Å². The van der Waals surface area contributed by atoms with E-state index in [-0.39, 0.29) is 11.9 Å². The quantitative estimate of drug-likeness (QED) is 0.441. The van der Waals surface area contributed by atoms with E-state index >= 15 is 0 Å². The number of nitriles is 1. The number of benzene rings is 1. The minimum Gasteiger partial charge on any atom is -0.384 e. The van der Waals surface area contributed by atoms with Crippen molar-refractivity contribution in [2.24, 2.45) is 5.92 Å². The Morgan fingerprint density at radius 2 is 2.05 bits per heavy atom. The van der Waals surface area contributed by atoms with Gasteiger partial charge < -0.3 is 14.5 Å². The molecule has 3 aromatic rings. The van der Waals surface area contributed by atoms with Crippen LogP contribution in [0.5, 0.6) is 0 Å². The molecule has 1 atom stereocenters. The summed E-state index contributed by atoms with van der Waals surface area (Å²) in [5.41, 5.74) is 5.83. The molecule has 1 saturated heterocycles. The van der Waals surface area contributed by atoms with Crippen molar-refractivity contribution in [3.63, 3.8) is 0 Å². The first-order valence-electron chi connectivity index (χ1n) is 13.5. The summed E-state index contributed by atoms with van der Waals surface area (Å²) >= 11 is 0. The van der Waals surface area contributed by atoms with Crippen molar-refractivity contribution >= 4 is 28.8 Å². The Bertz CT molecular complexity index is 1440. The Hall–Kier alpha value is -3.83. The molecule has 1 unspecified atom stereocenters. The van der Waals surface area contributed by atoms with Gasteiger partial charge in [0, 0.05) is 43.8 Å². The summed E-state index contributed by atoms with van der Waals surface area (Å²) in [5, 5.41) is 10.2. The van der Waals surface area contributed by atoms with E-state index in [1.54, 1.807) is 19.4 Å². The number of piperazine rings is 1. The van der Waals surface area contributed by atoms with E-state index < -0.39 is 0 Å². The molecule has 3 aliphatic rings. The lowest BCUT2D eigenvalue weighted by Crippen LogP contribution is -2.56. The molecule has 8 nitrogen and oxygen atoms in total. The molecule has 2 aliphatic carbocycles. The second-order valence-corrected chi connectivity index (χ2v) is 10.5. The maximum absolute atomic E-state index is 12.9. The van der Waals surface area contributed by atoms with Crippen molar-refractivity contribution in [1.29, 1.82) is 5.26 Å². The summed E-state index contributed by atoms with van der Waals surface area (Å²) in [6.07, 6.45) is 8.31. The minimum absolute atomic E-state index is 0.151. The average molecular weight is 509 g/mol. The van der Waals surface area contributed by atoms with Crippen LogP contribution in [0, 0.1) is 17.2 Å². The largest absolute Gasteiger partial charge is 0.384 e. The van der Waals surface area contributed by atoms with E-state index in [1.165, 1.54) is 0 Å². The number of para-hydroxylation sites is 1. The number of fused-ring (bicyclic) bond motifs is 1. The average Bonchev–Trinajstić information content (AvgIpc) is 3.88. The summed E-state index contributed by atoms with van der Waals surface area (Å²) in [7, 11) is 1.63. The van der Waals surface area contributed by atoms with Crippen LogP contribution in [0.1, 0.15) is 55.0 Å². The number of hydrogen-bond acceptors (Lipinski definition) is 7. The van der Waals surface area contributed by atoms with Gasteiger partial charge in [-0.15, -0.1) is 0 Å². The fraction of sp³-hybridized carbons (Fsp3) is 0.433. The zero-order valence-corrected chi connectivity index (χ0v) is 21.8. The molecule has 1 aliphatic heterocycles. The Morgan fingerprint density at radius 3 is 2.76 bits per heavy atom. The molecule has 6 rings (SSSR count). The van der Waals surface area contributed by atoms with Gasteiger partial charge in [-0.3, -0.25) is 9.78 Å². The highest BCUT2D eigenvalue weighted by molar-refractivity contribution is 5.93. The van der Waals surface area contributed by atoms with E-state index in [9.17, 15) is 10.1 Å². The van der Waals surface area contributed by atoms with Crippen LogP contribution in [0.25, 0.3) is 28.2 Å². The van der Waals surface area contributed by atoms with Crippen LogP contribution in [0.4, 0.5) is 5.82 Å². The van der Waals surface area contributed by atoms with E-state index in [0.717, 1.165) is 65.0 Å². The summed E-state index contributed by atoms with van der Waals surface area (Å²) < 4.78 is 5.15. The summed E-state index contributed by atoms with van der Waals surface area (Å²) in [6, 6.07) is 10.6. The van der Waals surface area contributed by atoms with Crippen LogP contribution in [-0.4, -0.2) is 65.2 Å².